The molecule has 0 aliphatic heterocycles. The second kappa shape index (κ2) is 7.79. The van der Waals surface area contributed by atoms with Crippen molar-refractivity contribution in [3.8, 4) is 5.75 Å². The normalized spacial score (nSPS) is 10.3. The maximum Gasteiger partial charge on any atom is 0.275 e. The predicted octanol–water partition coefficient (Wildman–Crippen LogP) is 4.27. The van der Waals surface area contributed by atoms with E-state index in [0.717, 1.165) is 5.69 Å². The van der Waals surface area contributed by atoms with E-state index in [2.05, 4.69) is 20.6 Å². The number of para-hydroxylation sites is 2. The number of carbonyl (C=O) groups excluding carboxylic acids is 1. The highest BCUT2D eigenvalue weighted by molar-refractivity contribution is 6.31. The van der Waals surface area contributed by atoms with Crippen LogP contribution in [0.1, 0.15) is 10.5 Å². The lowest BCUT2D eigenvalue weighted by atomic mass is 10.3. The van der Waals surface area contributed by atoms with Crippen molar-refractivity contribution in [3.63, 3.8) is 0 Å². The van der Waals surface area contributed by atoms with Crippen LogP contribution in [0, 0.1) is 5.82 Å². The third-order valence-electron chi connectivity index (χ3n) is 3.43. The number of aromatic nitrogens is 2. The molecule has 0 bridgehead atoms. The molecule has 8 heteroatoms. The Morgan fingerprint density at radius 1 is 1.15 bits per heavy atom. The summed E-state index contributed by atoms with van der Waals surface area (Å²) in [5.41, 5.74) is 1.19. The standard InChI is InChI=1S/C18H14ClFN4O2/c1-26-16-5-3-2-4-14(16)24-17-10-21-15(9-22-17)18(25)23-11-6-7-13(20)12(19)8-11/h2-10H,1H3,(H,22,24)(H,23,25). The number of halogens is 2. The Balaban J connectivity index is 1.70. The zero-order valence-corrected chi connectivity index (χ0v) is 14.4. The topological polar surface area (TPSA) is 76.1 Å². The third-order valence-corrected chi connectivity index (χ3v) is 3.72. The average Bonchev–Trinajstić information content (AvgIpc) is 2.66. The highest BCUT2D eigenvalue weighted by atomic mass is 35.5. The Morgan fingerprint density at radius 3 is 2.65 bits per heavy atom. The van der Waals surface area contributed by atoms with E-state index in [-0.39, 0.29) is 10.7 Å². The lowest BCUT2D eigenvalue weighted by Crippen LogP contribution is -2.14. The maximum atomic E-state index is 13.2. The van der Waals surface area contributed by atoms with Crippen LogP contribution in [-0.2, 0) is 0 Å². The van der Waals surface area contributed by atoms with Gasteiger partial charge in [-0.05, 0) is 30.3 Å². The summed E-state index contributed by atoms with van der Waals surface area (Å²) >= 11 is 5.69. The second-order valence-electron chi connectivity index (χ2n) is 5.20. The van der Waals surface area contributed by atoms with Gasteiger partial charge in [0.1, 0.15) is 23.1 Å². The number of hydrogen-bond donors (Lipinski definition) is 2. The van der Waals surface area contributed by atoms with Gasteiger partial charge in [-0.15, -0.1) is 0 Å². The van der Waals surface area contributed by atoms with Gasteiger partial charge in [0, 0.05) is 5.69 Å². The molecule has 2 N–H and O–H groups in total. The third kappa shape index (κ3) is 4.07. The van der Waals surface area contributed by atoms with Crippen molar-refractivity contribution in [1.82, 2.24) is 9.97 Å². The first kappa shape index (κ1) is 17.6. The molecular weight excluding hydrogens is 359 g/mol. The predicted molar refractivity (Wildman–Crippen MR) is 97.7 cm³/mol. The lowest BCUT2D eigenvalue weighted by Gasteiger charge is -2.10. The molecule has 26 heavy (non-hydrogen) atoms. The van der Waals surface area contributed by atoms with Crippen molar-refractivity contribution in [2.75, 3.05) is 17.7 Å². The lowest BCUT2D eigenvalue weighted by molar-refractivity contribution is 0.102. The molecule has 0 aliphatic carbocycles. The van der Waals surface area contributed by atoms with Crippen molar-refractivity contribution >= 4 is 34.7 Å². The van der Waals surface area contributed by atoms with Gasteiger partial charge < -0.3 is 15.4 Å². The van der Waals surface area contributed by atoms with Crippen LogP contribution in [0.3, 0.4) is 0 Å². The van der Waals surface area contributed by atoms with Crippen LogP contribution >= 0.6 is 11.6 Å². The number of nitrogens with zero attached hydrogens (tertiary/aromatic N) is 2. The summed E-state index contributed by atoms with van der Waals surface area (Å²) in [6, 6.07) is 11.2. The summed E-state index contributed by atoms with van der Waals surface area (Å²) in [4.78, 5) is 20.4. The molecule has 1 aromatic heterocycles. The molecular formula is C18H14ClFN4O2. The smallest absolute Gasteiger partial charge is 0.275 e. The first-order chi connectivity index (χ1) is 12.6. The second-order valence-corrected chi connectivity index (χ2v) is 5.60. The minimum absolute atomic E-state index is 0.0785. The van der Waals surface area contributed by atoms with E-state index in [9.17, 15) is 9.18 Å². The van der Waals surface area contributed by atoms with E-state index in [1.807, 2.05) is 24.3 Å². The van der Waals surface area contributed by atoms with Gasteiger partial charge in [-0.2, -0.15) is 0 Å². The Morgan fingerprint density at radius 2 is 1.96 bits per heavy atom. The minimum Gasteiger partial charge on any atom is -0.495 e. The molecule has 0 atom stereocenters. The van der Waals surface area contributed by atoms with E-state index in [4.69, 9.17) is 16.3 Å². The number of nitrogens with one attached hydrogen (secondary N) is 2. The summed E-state index contributed by atoms with van der Waals surface area (Å²) in [6.45, 7) is 0. The number of rotatable bonds is 5. The molecule has 0 unspecified atom stereocenters. The van der Waals surface area contributed by atoms with Gasteiger partial charge in [-0.1, -0.05) is 23.7 Å². The largest absolute Gasteiger partial charge is 0.495 e. The Labute approximate surface area is 154 Å². The molecule has 0 aliphatic rings. The fourth-order valence-electron chi connectivity index (χ4n) is 2.16. The van der Waals surface area contributed by atoms with Crippen LogP contribution in [0.4, 0.5) is 21.6 Å². The van der Waals surface area contributed by atoms with Crippen LogP contribution in [0.15, 0.2) is 54.9 Å². The van der Waals surface area contributed by atoms with Crippen LogP contribution in [-0.4, -0.2) is 23.0 Å². The van der Waals surface area contributed by atoms with Gasteiger partial charge in [-0.25, -0.2) is 14.4 Å². The van der Waals surface area contributed by atoms with E-state index in [0.29, 0.717) is 17.3 Å². The highest BCUT2D eigenvalue weighted by Gasteiger charge is 2.10. The minimum atomic E-state index is -0.559. The molecule has 1 heterocycles. The van der Waals surface area contributed by atoms with Crippen molar-refractivity contribution in [2.45, 2.75) is 0 Å². The van der Waals surface area contributed by atoms with E-state index < -0.39 is 11.7 Å². The van der Waals surface area contributed by atoms with Gasteiger partial charge in [0.05, 0.1) is 30.2 Å². The molecule has 2 aromatic carbocycles. The number of carbonyl (C=O) groups is 1. The molecule has 132 valence electrons. The number of anilines is 3. The molecule has 3 rings (SSSR count). The molecule has 3 aromatic rings. The van der Waals surface area contributed by atoms with Crippen LogP contribution < -0.4 is 15.4 Å². The Bertz CT molecular complexity index is 935. The number of benzene rings is 2. The first-order valence-corrected chi connectivity index (χ1v) is 7.93. The number of methoxy groups -OCH3 is 1. The SMILES string of the molecule is COc1ccccc1Nc1cnc(C(=O)Nc2ccc(F)c(Cl)c2)cn1. The van der Waals surface area contributed by atoms with Crippen molar-refractivity contribution in [1.29, 1.82) is 0 Å². The van der Waals surface area contributed by atoms with Gasteiger partial charge in [0.25, 0.3) is 5.91 Å². The van der Waals surface area contributed by atoms with Crippen LogP contribution in [0.2, 0.25) is 5.02 Å². The molecule has 0 saturated heterocycles. The molecule has 0 spiro atoms. The molecule has 1 amide bonds. The fourth-order valence-corrected chi connectivity index (χ4v) is 2.35. The van der Waals surface area contributed by atoms with Crippen molar-refractivity contribution in [3.05, 3.63) is 71.4 Å². The Kier molecular flexibility index (Phi) is 5.28. The monoisotopic (exact) mass is 372 g/mol. The highest BCUT2D eigenvalue weighted by Crippen LogP contribution is 2.26. The number of hydrogen-bond acceptors (Lipinski definition) is 5. The first-order valence-electron chi connectivity index (χ1n) is 7.55. The summed E-state index contributed by atoms with van der Waals surface area (Å²) in [7, 11) is 1.57. The number of amides is 1. The molecule has 6 nitrogen and oxygen atoms in total. The zero-order chi connectivity index (χ0) is 18.5. The van der Waals surface area contributed by atoms with Gasteiger partial charge >= 0.3 is 0 Å². The molecule has 0 fully saturated rings. The molecule has 0 radical (unpaired) electrons. The summed E-state index contributed by atoms with van der Waals surface area (Å²) in [6.07, 6.45) is 2.76. The van der Waals surface area contributed by atoms with E-state index >= 15 is 0 Å². The summed E-state index contributed by atoms with van der Waals surface area (Å²) in [5, 5.41) is 5.57. The quantitative estimate of drug-likeness (QED) is 0.699. The van der Waals surface area contributed by atoms with Gasteiger partial charge in [-0.3, -0.25) is 4.79 Å². The fraction of sp³-hybridized carbons (Fsp3) is 0.0556. The van der Waals surface area contributed by atoms with Crippen molar-refractivity contribution < 1.29 is 13.9 Å². The molecule has 0 saturated carbocycles. The average molecular weight is 373 g/mol. The number of ether oxygens (including phenoxy) is 1. The van der Waals surface area contributed by atoms with Crippen LogP contribution in [0.25, 0.3) is 0 Å². The van der Waals surface area contributed by atoms with Crippen LogP contribution in [0.5, 0.6) is 5.75 Å². The Hall–Kier alpha value is -3.19. The summed E-state index contributed by atoms with van der Waals surface area (Å²) < 4.78 is 18.4. The maximum absolute atomic E-state index is 13.2. The van der Waals surface area contributed by atoms with E-state index in [1.54, 1.807) is 7.11 Å². The van der Waals surface area contributed by atoms with E-state index in [1.165, 1.54) is 30.6 Å². The zero-order valence-electron chi connectivity index (χ0n) is 13.7. The van der Waals surface area contributed by atoms with Gasteiger partial charge in [0.15, 0.2) is 0 Å². The van der Waals surface area contributed by atoms with Crippen molar-refractivity contribution in [2.24, 2.45) is 0 Å². The van der Waals surface area contributed by atoms with Gasteiger partial charge in [0.2, 0.25) is 0 Å². The summed E-state index contributed by atoms with van der Waals surface area (Å²) in [5.74, 6) is 0.0698.